The second kappa shape index (κ2) is 14.0. The maximum Gasteiger partial charge on any atom is 0.410 e. The highest BCUT2D eigenvalue weighted by molar-refractivity contribution is 6.00. The van der Waals surface area contributed by atoms with Crippen LogP contribution in [0.5, 0.6) is 5.75 Å². The number of aryl methyl sites for hydroxylation is 3. The van der Waals surface area contributed by atoms with Crippen molar-refractivity contribution < 1.29 is 23.8 Å². The van der Waals surface area contributed by atoms with Crippen molar-refractivity contribution in [2.45, 2.75) is 86.0 Å². The van der Waals surface area contributed by atoms with Gasteiger partial charge in [-0.15, -0.1) is 0 Å². The van der Waals surface area contributed by atoms with Crippen LogP contribution in [-0.2, 0) is 22.4 Å². The van der Waals surface area contributed by atoms with Crippen molar-refractivity contribution in [2.24, 2.45) is 0 Å². The van der Waals surface area contributed by atoms with Gasteiger partial charge in [0.15, 0.2) is 0 Å². The molecule has 3 aromatic carbocycles. The summed E-state index contributed by atoms with van der Waals surface area (Å²) in [6.45, 7) is 20.3. The van der Waals surface area contributed by atoms with Gasteiger partial charge in [0.05, 0.1) is 12.1 Å². The normalized spacial score (nSPS) is 14.5. The number of fused-ring (bicyclic) bond motifs is 2. The van der Waals surface area contributed by atoms with Gasteiger partial charge in [-0.25, -0.2) is 9.59 Å². The van der Waals surface area contributed by atoms with Crippen molar-refractivity contribution in [3.63, 3.8) is 0 Å². The van der Waals surface area contributed by atoms with Crippen LogP contribution >= 0.6 is 0 Å². The predicted molar refractivity (Wildman–Crippen MR) is 189 cm³/mol. The lowest BCUT2D eigenvalue weighted by Gasteiger charge is -2.35. The van der Waals surface area contributed by atoms with E-state index < -0.39 is 11.2 Å². The van der Waals surface area contributed by atoms with E-state index >= 15 is 0 Å². The third-order valence-corrected chi connectivity index (χ3v) is 8.69. The zero-order valence-corrected chi connectivity index (χ0v) is 29.4. The Kier molecular flexibility index (Phi) is 10.2. The number of carbonyl (C=O) groups excluding carboxylic acids is 2. The van der Waals surface area contributed by atoms with Crippen LogP contribution in [-0.4, -0.2) is 77.0 Å². The second-order valence-corrected chi connectivity index (χ2v) is 14.6. The van der Waals surface area contributed by atoms with Gasteiger partial charge in [-0.3, -0.25) is 4.90 Å². The first-order valence-electron chi connectivity index (χ1n) is 16.9. The summed E-state index contributed by atoms with van der Waals surface area (Å²) >= 11 is 0. The summed E-state index contributed by atoms with van der Waals surface area (Å²) in [5.74, 6) is 0.571. The van der Waals surface area contributed by atoms with Crippen molar-refractivity contribution in [3.05, 3.63) is 77.0 Å². The zero-order valence-electron chi connectivity index (χ0n) is 29.4. The van der Waals surface area contributed by atoms with E-state index in [-0.39, 0.29) is 12.1 Å². The Morgan fingerprint density at radius 1 is 0.766 bits per heavy atom. The van der Waals surface area contributed by atoms with Gasteiger partial charge < -0.3 is 23.7 Å². The fourth-order valence-corrected chi connectivity index (χ4v) is 6.31. The summed E-state index contributed by atoms with van der Waals surface area (Å²) in [6, 6.07) is 18.7. The summed E-state index contributed by atoms with van der Waals surface area (Å²) in [5.41, 5.74) is 3.93. The molecule has 8 nitrogen and oxygen atoms in total. The Morgan fingerprint density at radius 2 is 1.45 bits per heavy atom. The first-order valence-corrected chi connectivity index (χ1v) is 16.9. The number of carbonyl (C=O) groups is 2. The van der Waals surface area contributed by atoms with E-state index in [1.165, 1.54) is 11.1 Å². The van der Waals surface area contributed by atoms with Crippen molar-refractivity contribution in [3.8, 4) is 5.75 Å². The van der Waals surface area contributed by atoms with Gasteiger partial charge in [-0.2, -0.15) is 0 Å². The van der Waals surface area contributed by atoms with E-state index in [0.717, 1.165) is 59.0 Å². The molecule has 0 aliphatic carbocycles. The van der Waals surface area contributed by atoms with Crippen LogP contribution in [0.3, 0.4) is 0 Å². The number of amides is 1. The second-order valence-electron chi connectivity index (χ2n) is 14.6. The molecule has 4 aromatic rings. The first-order chi connectivity index (χ1) is 22.2. The highest BCUT2D eigenvalue weighted by Gasteiger charge is 2.30. The Balaban J connectivity index is 1.38. The van der Waals surface area contributed by atoms with Crippen LogP contribution in [0.1, 0.15) is 75.1 Å². The lowest BCUT2D eigenvalue weighted by molar-refractivity contribution is 0.00509. The molecule has 5 rings (SSSR count). The average molecular weight is 642 g/mol. The molecule has 0 spiro atoms. The predicted octanol–water partition coefficient (Wildman–Crippen LogP) is 7.93. The number of benzene rings is 3. The van der Waals surface area contributed by atoms with Crippen LogP contribution in [0.15, 0.2) is 54.6 Å². The van der Waals surface area contributed by atoms with E-state index in [1.54, 1.807) is 4.90 Å². The summed E-state index contributed by atoms with van der Waals surface area (Å²) in [7, 11) is 0. The monoisotopic (exact) mass is 641 g/mol. The Hall–Kier alpha value is -4.04. The van der Waals surface area contributed by atoms with Crippen molar-refractivity contribution in [1.29, 1.82) is 0 Å². The van der Waals surface area contributed by atoms with Crippen molar-refractivity contribution in [2.75, 3.05) is 39.3 Å². The molecule has 1 amide bonds. The van der Waals surface area contributed by atoms with Crippen molar-refractivity contribution >= 4 is 33.7 Å². The number of hydrogen-bond acceptors (Lipinski definition) is 6. The van der Waals surface area contributed by atoms with Crippen LogP contribution in [0.4, 0.5) is 4.79 Å². The summed E-state index contributed by atoms with van der Waals surface area (Å²) in [4.78, 5) is 30.8. The van der Waals surface area contributed by atoms with Gasteiger partial charge in [0, 0.05) is 50.0 Å². The molecule has 1 saturated heterocycles. The Labute approximate surface area is 279 Å². The highest BCUT2D eigenvalue weighted by Crippen LogP contribution is 2.33. The summed E-state index contributed by atoms with van der Waals surface area (Å²) < 4.78 is 20.1. The summed E-state index contributed by atoms with van der Waals surface area (Å²) in [6.07, 6.45) is 1.17. The van der Waals surface area contributed by atoms with E-state index in [1.807, 2.05) is 65.8 Å². The van der Waals surface area contributed by atoms with Gasteiger partial charge in [0.1, 0.15) is 22.6 Å². The molecule has 8 heteroatoms. The Bertz CT molecular complexity index is 1730. The van der Waals surface area contributed by atoms with E-state index in [9.17, 15) is 9.59 Å². The molecule has 2 heterocycles. The number of ether oxygens (including phenoxy) is 3. The molecule has 47 heavy (non-hydrogen) atoms. The van der Waals surface area contributed by atoms with Crippen molar-refractivity contribution in [1.82, 2.24) is 14.4 Å². The SMILES string of the molecule is Cc1ccc2c(CCCOc3cccc4ccccc34)c(C(=O)OC(C)(C)C)n(CCN3CCN(C(=O)OC(C)(C)C)CC3)c2c1C. The van der Waals surface area contributed by atoms with Gasteiger partial charge in [0.2, 0.25) is 0 Å². The average Bonchev–Trinajstić information content (AvgIpc) is 3.32. The van der Waals surface area contributed by atoms with Crippen LogP contribution in [0.2, 0.25) is 0 Å². The molecule has 1 aliphatic heterocycles. The molecule has 1 aromatic heterocycles. The standard InChI is InChI=1S/C39H51N3O5/c1-27-18-19-32-31(16-12-26-45-33-17-11-14-29-13-9-10-15-30(29)33)35(36(43)46-38(3,4)5)42(34(32)28(27)2)25-22-40-20-23-41(24-21-40)37(44)47-39(6,7)8/h9-11,13-15,17-19H,12,16,20-26H2,1-8H3. The molecule has 252 valence electrons. The number of aromatic nitrogens is 1. The van der Waals surface area contributed by atoms with Crippen LogP contribution in [0.25, 0.3) is 21.7 Å². The largest absolute Gasteiger partial charge is 0.493 e. The number of esters is 1. The van der Waals surface area contributed by atoms with Gasteiger partial charge in [-0.1, -0.05) is 48.5 Å². The molecule has 0 bridgehead atoms. The minimum Gasteiger partial charge on any atom is -0.493 e. The topological polar surface area (TPSA) is 73.2 Å². The molecule has 0 radical (unpaired) electrons. The number of rotatable bonds is 9. The van der Waals surface area contributed by atoms with Crippen LogP contribution < -0.4 is 4.74 Å². The van der Waals surface area contributed by atoms with Gasteiger partial charge >= 0.3 is 12.1 Å². The van der Waals surface area contributed by atoms with Gasteiger partial charge in [-0.05, 0) is 96.4 Å². The fourth-order valence-electron chi connectivity index (χ4n) is 6.31. The maximum absolute atomic E-state index is 14.0. The molecule has 0 unspecified atom stereocenters. The minimum atomic E-state index is -0.629. The highest BCUT2D eigenvalue weighted by atomic mass is 16.6. The zero-order chi connectivity index (χ0) is 33.9. The lowest BCUT2D eigenvalue weighted by Crippen LogP contribution is -2.50. The van der Waals surface area contributed by atoms with Crippen LogP contribution in [0, 0.1) is 13.8 Å². The molecular weight excluding hydrogens is 590 g/mol. The van der Waals surface area contributed by atoms with E-state index in [0.29, 0.717) is 38.4 Å². The van der Waals surface area contributed by atoms with E-state index in [2.05, 4.69) is 53.6 Å². The molecule has 0 atom stereocenters. The third kappa shape index (κ3) is 8.28. The van der Waals surface area contributed by atoms with E-state index in [4.69, 9.17) is 14.2 Å². The molecule has 0 saturated carbocycles. The third-order valence-electron chi connectivity index (χ3n) is 8.69. The quantitative estimate of drug-likeness (QED) is 0.137. The molecule has 1 fully saturated rings. The fraction of sp³-hybridized carbons (Fsp3) is 0.487. The summed E-state index contributed by atoms with van der Waals surface area (Å²) in [5, 5.41) is 3.34. The number of hydrogen-bond donors (Lipinski definition) is 0. The lowest BCUT2D eigenvalue weighted by atomic mass is 10.0. The number of nitrogens with zero attached hydrogens (tertiary/aromatic N) is 3. The maximum atomic E-state index is 14.0. The molecule has 1 aliphatic rings. The first kappa shape index (κ1) is 34.3. The number of piperazine rings is 1. The Morgan fingerprint density at radius 3 is 2.15 bits per heavy atom. The molecular formula is C39H51N3O5. The van der Waals surface area contributed by atoms with Gasteiger partial charge in [0.25, 0.3) is 0 Å². The molecule has 0 N–H and O–H groups in total. The minimum absolute atomic E-state index is 0.263. The smallest absolute Gasteiger partial charge is 0.410 e.